The van der Waals surface area contributed by atoms with E-state index in [1.165, 1.54) is 75.1 Å². The molecule has 2 aliphatic rings. The molecule has 2 atom stereocenters. The van der Waals surface area contributed by atoms with Gasteiger partial charge in [0.05, 0.1) is 27.7 Å². The van der Waals surface area contributed by atoms with Gasteiger partial charge in [-0.3, -0.25) is 19.4 Å². The van der Waals surface area contributed by atoms with E-state index in [1.807, 2.05) is 38.1 Å². The number of ether oxygens (including phenoxy) is 1. The first-order valence-electron chi connectivity index (χ1n) is 21.3. The molecule has 5 N–H and O–H groups in total. The number of benzene rings is 4. The van der Waals surface area contributed by atoms with Crippen molar-refractivity contribution in [2.75, 3.05) is 38.0 Å². The topological polar surface area (TPSA) is 164 Å². The van der Waals surface area contributed by atoms with E-state index < -0.39 is 21.8 Å². The number of aromatic amines is 1. The van der Waals surface area contributed by atoms with Crippen molar-refractivity contribution in [2.45, 2.75) is 93.8 Å². The Morgan fingerprint density at radius 3 is 2.31 bits per heavy atom. The van der Waals surface area contributed by atoms with Gasteiger partial charge in [-0.15, -0.1) is 0 Å². The number of aliphatic hydroxyl groups is 1. The Kier molecular flexibility index (Phi) is 14.1. The lowest BCUT2D eigenvalue weighted by Crippen LogP contribution is -2.50. The number of phenolic OH excluding ortho intramolecular Hbond substituents is 1. The highest BCUT2D eigenvalue weighted by Gasteiger charge is 2.27. The minimum absolute atomic E-state index is 0.0676. The fourth-order valence-corrected chi connectivity index (χ4v) is 10.1. The molecule has 2 heterocycles. The highest BCUT2D eigenvalue weighted by molar-refractivity contribution is 7.91. The zero-order valence-electron chi connectivity index (χ0n) is 35.2. The van der Waals surface area contributed by atoms with E-state index in [-0.39, 0.29) is 45.0 Å². The number of H-pyrrole nitrogens is 1. The van der Waals surface area contributed by atoms with Crippen LogP contribution in [-0.2, 0) is 21.2 Å². The number of pyridine rings is 1. The third kappa shape index (κ3) is 10.6. The Morgan fingerprint density at radius 1 is 0.902 bits per heavy atom. The molecule has 0 unspecified atom stereocenters. The van der Waals surface area contributed by atoms with Crippen LogP contribution in [-0.4, -0.2) is 78.1 Å². The number of anilines is 1. The van der Waals surface area contributed by atoms with E-state index in [0.29, 0.717) is 23.2 Å². The van der Waals surface area contributed by atoms with Gasteiger partial charge in [0.25, 0.3) is 5.91 Å². The lowest BCUT2D eigenvalue weighted by molar-refractivity contribution is -0.112. The molecule has 4 aromatic carbocycles. The van der Waals surface area contributed by atoms with Crippen LogP contribution in [0, 0.1) is 13.8 Å². The van der Waals surface area contributed by atoms with Crippen LogP contribution in [0.25, 0.3) is 10.9 Å². The third-order valence-electron chi connectivity index (χ3n) is 12.3. The number of carbonyl (C=O) groups is 1. The molecule has 13 heteroatoms. The summed E-state index contributed by atoms with van der Waals surface area (Å²) in [5.74, 6) is -0.211. The normalized spacial score (nSPS) is 17.0. The summed E-state index contributed by atoms with van der Waals surface area (Å²) in [4.78, 5) is 32.7. The maximum atomic E-state index is 13.7. The van der Waals surface area contributed by atoms with Gasteiger partial charge in [-0.1, -0.05) is 49.9 Å². The number of aromatic hydroxyl groups is 1. The molecule has 61 heavy (non-hydrogen) atoms. The fraction of sp³-hybridized carbons (Fsp3) is 0.375. The quantitative estimate of drug-likeness (QED) is 0.0431. The number of sulfone groups is 1. The highest BCUT2D eigenvalue weighted by Crippen LogP contribution is 2.31. The molecule has 1 saturated carbocycles. The van der Waals surface area contributed by atoms with Crippen LogP contribution in [0.2, 0.25) is 0 Å². The second-order valence-electron chi connectivity index (χ2n) is 16.4. The highest BCUT2D eigenvalue weighted by atomic mass is 32.2. The van der Waals surface area contributed by atoms with Crippen LogP contribution in [0.15, 0.2) is 112 Å². The van der Waals surface area contributed by atoms with Crippen molar-refractivity contribution in [3.8, 4) is 11.5 Å². The Hall–Kier alpha value is -5.31. The van der Waals surface area contributed by atoms with Crippen LogP contribution < -0.4 is 20.9 Å². The van der Waals surface area contributed by atoms with Crippen LogP contribution in [0.3, 0.4) is 0 Å². The van der Waals surface area contributed by atoms with Crippen LogP contribution in [0.1, 0.15) is 85.4 Å². The zero-order valence-corrected chi connectivity index (χ0v) is 36.0. The number of nitrogens with one attached hydrogen (secondary N) is 3. The molecular weight excluding hydrogens is 791 g/mol. The van der Waals surface area contributed by atoms with Gasteiger partial charge in [-0.2, -0.15) is 0 Å². The molecule has 1 aliphatic carbocycles. The lowest BCUT2D eigenvalue weighted by Gasteiger charge is -2.41. The summed E-state index contributed by atoms with van der Waals surface area (Å²) in [7, 11) is -3.82. The van der Waals surface area contributed by atoms with Crippen molar-refractivity contribution in [3.05, 3.63) is 135 Å². The fourth-order valence-electron chi connectivity index (χ4n) is 8.80. The summed E-state index contributed by atoms with van der Waals surface area (Å²) in [6, 6.07) is 24.1. The molecule has 1 amide bonds. The van der Waals surface area contributed by atoms with Crippen molar-refractivity contribution < 1.29 is 28.2 Å². The first-order valence-corrected chi connectivity index (χ1v) is 22.8. The SMILES string of the molecule is Cc1cc(NC(=O)C=COc2cccc(S(=O)(=O)c3ccc([C@H](C)N4CCN(C5CCCCCC5)CC4)cc3)c2)cc(C)c1CNC[C@H](O)c1ccc(O)c2[nH]c(=O)ccc12. The molecule has 1 saturated heterocycles. The van der Waals surface area contributed by atoms with E-state index in [9.17, 15) is 28.2 Å². The Bertz CT molecular complexity index is 2500. The number of aliphatic hydroxyl groups excluding tert-OH is 1. The number of aromatic nitrogens is 1. The van der Waals surface area contributed by atoms with E-state index >= 15 is 0 Å². The Balaban J connectivity index is 0.894. The summed E-state index contributed by atoms with van der Waals surface area (Å²) in [5.41, 5.74) is 5.08. The van der Waals surface area contributed by atoms with Gasteiger partial charge in [-0.25, -0.2) is 8.42 Å². The minimum Gasteiger partial charge on any atom is -0.506 e. The maximum Gasteiger partial charge on any atom is 0.251 e. The van der Waals surface area contributed by atoms with Crippen LogP contribution >= 0.6 is 0 Å². The lowest BCUT2D eigenvalue weighted by atomic mass is 10.0. The van der Waals surface area contributed by atoms with Gasteiger partial charge in [0.1, 0.15) is 11.5 Å². The summed E-state index contributed by atoms with van der Waals surface area (Å²) in [6.07, 6.45) is 9.62. The second-order valence-corrected chi connectivity index (χ2v) is 18.3. The molecular formula is C48H57N5O7S. The molecule has 0 radical (unpaired) electrons. The zero-order chi connectivity index (χ0) is 43.1. The van der Waals surface area contributed by atoms with Crippen molar-refractivity contribution >= 4 is 32.3 Å². The van der Waals surface area contributed by atoms with Gasteiger partial charge < -0.3 is 30.6 Å². The van der Waals surface area contributed by atoms with Gasteiger partial charge >= 0.3 is 0 Å². The summed E-state index contributed by atoms with van der Waals surface area (Å²) < 4.78 is 33.0. The summed E-state index contributed by atoms with van der Waals surface area (Å²) in [5, 5.41) is 27.8. The number of aryl methyl sites for hydroxylation is 2. The van der Waals surface area contributed by atoms with Gasteiger partial charge in [0, 0.05) is 74.6 Å². The average molecular weight is 848 g/mol. The summed E-state index contributed by atoms with van der Waals surface area (Å²) >= 11 is 0. The average Bonchev–Trinajstić information content (AvgIpc) is 3.55. The predicted molar refractivity (Wildman–Crippen MR) is 239 cm³/mol. The number of amides is 1. The van der Waals surface area contributed by atoms with Gasteiger partial charge in [0.2, 0.25) is 15.4 Å². The molecule has 322 valence electrons. The number of hydrogen-bond donors (Lipinski definition) is 5. The van der Waals surface area contributed by atoms with Crippen LogP contribution in [0.5, 0.6) is 11.5 Å². The van der Waals surface area contributed by atoms with Crippen molar-refractivity contribution in [1.29, 1.82) is 0 Å². The molecule has 1 aliphatic heterocycles. The second kappa shape index (κ2) is 19.6. The molecule has 12 nitrogen and oxygen atoms in total. The maximum absolute atomic E-state index is 13.7. The minimum atomic E-state index is -3.82. The van der Waals surface area contributed by atoms with E-state index in [2.05, 4.69) is 32.3 Å². The molecule has 5 aromatic rings. The monoisotopic (exact) mass is 847 g/mol. The number of carbonyl (C=O) groups excluding carboxylic acids is 1. The number of fused-ring (bicyclic) bond motifs is 1. The third-order valence-corrected chi connectivity index (χ3v) is 14.1. The summed E-state index contributed by atoms with van der Waals surface area (Å²) in [6.45, 7) is 10.9. The van der Waals surface area contributed by atoms with Crippen molar-refractivity contribution in [3.63, 3.8) is 0 Å². The predicted octanol–water partition coefficient (Wildman–Crippen LogP) is 7.44. The van der Waals surface area contributed by atoms with E-state index in [4.69, 9.17) is 4.74 Å². The molecule has 2 fully saturated rings. The van der Waals surface area contributed by atoms with E-state index in [1.54, 1.807) is 36.4 Å². The Morgan fingerprint density at radius 2 is 1.61 bits per heavy atom. The molecule has 0 bridgehead atoms. The number of hydrogen-bond acceptors (Lipinski definition) is 10. The standard InChI is InChI=1S/C48H57N5O7S/c1-32-27-36(28-33(2)43(32)30-49-31-45(55)41-17-19-44(54)48-42(41)18-20-46(56)51-48)50-47(57)21-26-60-38-11-8-12-40(29-38)61(58,59)39-15-13-35(14-16-39)34(3)52-22-24-53(25-23-52)37-9-6-4-5-7-10-37/h8,11-21,26-29,34,37,45,49,54-55H,4-7,9-10,22-25,30-31H2,1-3H3,(H,50,57)(H,51,56)/t34-,45-/m0/s1. The van der Waals surface area contributed by atoms with E-state index in [0.717, 1.165) is 54.5 Å². The van der Waals surface area contributed by atoms with Gasteiger partial charge in [-0.05, 0) is 116 Å². The first-order chi connectivity index (χ1) is 29.4. The number of phenols is 1. The first kappa shape index (κ1) is 43.8. The van der Waals surface area contributed by atoms with Crippen LogP contribution in [0.4, 0.5) is 5.69 Å². The molecule has 1 aromatic heterocycles. The van der Waals surface area contributed by atoms with Gasteiger partial charge in [0.15, 0.2) is 0 Å². The number of rotatable bonds is 14. The number of nitrogens with zero attached hydrogens (tertiary/aromatic N) is 2. The Labute approximate surface area is 358 Å². The van der Waals surface area contributed by atoms with Crippen molar-refractivity contribution in [1.82, 2.24) is 20.1 Å². The largest absolute Gasteiger partial charge is 0.506 e. The van der Waals surface area contributed by atoms with Crippen molar-refractivity contribution in [2.24, 2.45) is 0 Å². The molecule has 7 rings (SSSR count). The number of piperazine rings is 1. The smallest absolute Gasteiger partial charge is 0.251 e. The molecule has 0 spiro atoms.